The molecule has 5 heteroatoms. The summed E-state index contributed by atoms with van der Waals surface area (Å²) in [5.74, 6) is 0.843. The van der Waals surface area contributed by atoms with Crippen LogP contribution in [-0.4, -0.2) is 21.8 Å². The molecule has 1 N–H and O–H groups in total. The first-order chi connectivity index (χ1) is 8.72. The molecule has 4 nitrogen and oxygen atoms in total. The zero-order valence-corrected chi connectivity index (χ0v) is 11.3. The van der Waals surface area contributed by atoms with E-state index in [0.29, 0.717) is 13.0 Å². The number of aromatic nitrogens is 2. The van der Waals surface area contributed by atoms with E-state index in [2.05, 4.69) is 16.0 Å². The quantitative estimate of drug-likeness (QED) is 0.838. The molecule has 18 heavy (non-hydrogen) atoms. The van der Waals surface area contributed by atoms with Crippen LogP contribution < -0.4 is 4.74 Å². The van der Waals surface area contributed by atoms with Gasteiger partial charge >= 0.3 is 0 Å². The van der Waals surface area contributed by atoms with Gasteiger partial charge in [-0.2, -0.15) is 5.26 Å². The van der Waals surface area contributed by atoms with Crippen LogP contribution in [0.15, 0.2) is 23.4 Å². The van der Waals surface area contributed by atoms with Gasteiger partial charge in [-0.25, -0.2) is 4.98 Å². The van der Waals surface area contributed by atoms with Gasteiger partial charge in [0.05, 0.1) is 23.7 Å². The Morgan fingerprint density at radius 2 is 2.39 bits per heavy atom. The summed E-state index contributed by atoms with van der Waals surface area (Å²) in [4.78, 5) is 7.72. The molecule has 1 aromatic heterocycles. The molecule has 0 saturated carbocycles. The third-order valence-electron chi connectivity index (χ3n) is 2.43. The molecule has 0 aliphatic heterocycles. The van der Waals surface area contributed by atoms with Crippen LogP contribution in [0.3, 0.4) is 0 Å². The summed E-state index contributed by atoms with van der Waals surface area (Å²) in [6.07, 6.45) is 0.520. The number of H-pyrrole nitrogens is 1. The first-order valence-electron chi connectivity index (χ1n) is 5.89. The summed E-state index contributed by atoms with van der Waals surface area (Å²) in [5.41, 5.74) is 1.89. The molecule has 0 bridgehead atoms. The number of nitrogens with one attached hydrogen (secondary N) is 1. The Kier molecular flexibility index (Phi) is 4.11. The summed E-state index contributed by atoms with van der Waals surface area (Å²) in [6.45, 7) is 4.63. The molecule has 0 radical (unpaired) electrons. The smallest absolute Gasteiger partial charge is 0.166 e. The fourth-order valence-electron chi connectivity index (χ4n) is 1.64. The molecule has 1 unspecified atom stereocenters. The second kappa shape index (κ2) is 5.78. The molecule has 2 rings (SSSR count). The largest absolute Gasteiger partial charge is 0.494 e. The van der Waals surface area contributed by atoms with Gasteiger partial charge in [0.1, 0.15) is 5.75 Å². The second-order valence-electron chi connectivity index (χ2n) is 3.94. The molecule has 94 valence electrons. The van der Waals surface area contributed by atoms with Crippen molar-refractivity contribution in [3.05, 3.63) is 18.2 Å². The zero-order valence-electron chi connectivity index (χ0n) is 10.4. The topological polar surface area (TPSA) is 61.7 Å². The van der Waals surface area contributed by atoms with Crippen LogP contribution >= 0.6 is 11.8 Å². The van der Waals surface area contributed by atoms with Crippen molar-refractivity contribution in [2.45, 2.75) is 30.7 Å². The van der Waals surface area contributed by atoms with E-state index in [1.165, 1.54) is 0 Å². The molecule has 2 aromatic rings. The maximum atomic E-state index is 8.64. The van der Waals surface area contributed by atoms with Crippen molar-refractivity contribution in [3.8, 4) is 11.8 Å². The lowest BCUT2D eigenvalue weighted by atomic mass is 10.3. The predicted molar refractivity (Wildman–Crippen MR) is 72.8 cm³/mol. The van der Waals surface area contributed by atoms with Crippen LogP contribution in [0, 0.1) is 11.3 Å². The maximum Gasteiger partial charge on any atom is 0.166 e. The van der Waals surface area contributed by atoms with Crippen molar-refractivity contribution >= 4 is 22.8 Å². The highest BCUT2D eigenvalue weighted by molar-refractivity contribution is 7.99. The lowest BCUT2D eigenvalue weighted by molar-refractivity contribution is 0.340. The van der Waals surface area contributed by atoms with Crippen molar-refractivity contribution in [1.82, 2.24) is 9.97 Å². The van der Waals surface area contributed by atoms with Gasteiger partial charge in [0, 0.05) is 17.7 Å². The highest BCUT2D eigenvalue weighted by atomic mass is 32.2. The Labute approximate surface area is 110 Å². The van der Waals surface area contributed by atoms with Crippen molar-refractivity contribution in [3.63, 3.8) is 0 Å². The van der Waals surface area contributed by atoms with Crippen molar-refractivity contribution in [2.75, 3.05) is 6.61 Å². The van der Waals surface area contributed by atoms with Gasteiger partial charge in [-0.15, -0.1) is 0 Å². The molecular formula is C13H15N3OS. The summed E-state index contributed by atoms with van der Waals surface area (Å²) in [5, 5.41) is 9.73. The van der Waals surface area contributed by atoms with Gasteiger partial charge in [0.15, 0.2) is 5.16 Å². The minimum absolute atomic E-state index is 0.238. The molecule has 0 spiro atoms. The van der Waals surface area contributed by atoms with E-state index in [0.717, 1.165) is 21.9 Å². The van der Waals surface area contributed by atoms with Crippen molar-refractivity contribution < 1.29 is 4.74 Å². The van der Waals surface area contributed by atoms with E-state index in [-0.39, 0.29) is 5.25 Å². The summed E-state index contributed by atoms with van der Waals surface area (Å²) in [6, 6.07) is 7.97. The average Bonchev–Trinajstić information content (AvgIpc) is 2.71. The summed E-state index contributed by atoms with van der Waals surface area (Å²) >= 11 is 1.58. The minimum Gasteiger partial charge on any atom is -0.494 e. The SMILES string of the molecule is CCOc1ccc2nc(SC(C)CC#N)[nH]c2c1. The lowest BCUT2D eigenvalue weighted by Crippen LogP contribution is -1.93. The summed E-state index contributed by atoms with van der Waals surface area (Å²) < 4.78 is 5.45. The standard InChI is InChI=1S/C13H15N3OS/c1-3-17-10-4-5-11-12(8-10)16-13(15-11)18-9(2)6-7-14/h4-5,8-9H,3,6H2,1-2H3,(H,15,16). The number of thioether (sulfide) groups is 1. The Morgan fingerprint density at radius 1 is 1.56 bits per heavy atom. The monoisotopic (exact) mass is 261 g/mol. The van der Waals surface area contributed by atoms with E-state index >= 15 is 0 Å². The Hall–Kier alpha value is -1.67. The molecule has 1 aromatic carbocycles. The van der Waals surface area contributed by atoms with Crippen LogP contribution in [0.2, 0.25) is 0 Å². The lowest BCUT2D eigenvalue weighted by Gasteiger charge is -2.02. The fraction of sp³-hybridized carbons (Fsp3) is 0.385. The van der Waals surface area contributed by atoms with E-state index in [4.69, 9.17) is 10.00 Å². The number of hydrogen-bond donors (Lipinski definition) is 1. The minimum atomic E-state index is 0.238. The molecular weight excluding hydrogens is 246 g/mol. The van der Waals surface area contributed by atoms with Gasteiger partial charge in [-0.05, 0) is 19.1 Å². The number of ether oxygens (including phenoxy) is 1. The second-order valence-corrected chi connectivity index (χ2v) is 5.37. The molecule has 1 heterocycles. The third-order valence-corrected chi connectivity index (χ3v) is 3.42. The van der Waals surface area contributed by atoms with Gasteiger partial charge in [0.25, 0.3) is 0 Å². The van der Waals surface area contributed by atoms with Crippen molar-refractivity contribution in [2.24, 2.45) is 0 Å². The number of nitrogens with zero attached hydrogens (tertiary/aromatic N) is 2. The van der Waals surface area contributed by atoms with Gasteiger partial charge < -0.3 is 9.72 Å². The van der Waals surface area contributed by atoms with Crippen LogP contribution in [-0.2, 0) is 0 Å². The maximum absolute atomic E-state index is 8.64. The fourth-order valence-corrected chi connectivity index (χ4v) is 2.50. The van der Waals surface area contributed by atoms with E-state index in [1.54, 1.807) is 11.8 Å². The Balaban J connectivity index is 2.19. The molecule has 0 fully saturated rings. The van der Waals surface area contributed by atoms with Crippen LogP contribution in [0.5, 0.6) is 5.75 Å². The van der Waals surface area contributed by atoms with Crippen LogP contribution in [0.25, 0.3) is 11.0 Å². The van der Waals surface area contributed by atoms with E-state index in [1.807, 2.05) is 32.0 Å². The summed E-state index contributed by atoms with van der Waals surface area (Å²) in [7, 11) is 0. The van der Waals surface area contributed by atoms with Crippen LogP contribution in [0.4, 0.5) is 0 Å². The first kappa shape index (κ1) is 12.8. The van der Waals surface area contributed by atoms with Gasteiger partial charge in [0.2, 0.25) is 0 Å². The molecule has 0 amide bonds. The first-order valence-corrected chi connectivity index (χ1v) is 6.77. The van der Waals surface area contributed by atoms with Crippen LogP contribution in [0.1, 0.15) is 20.3 Å². The molecule has 0 saturated heterocycles. The number of aromatic amines is 1. The normalized spacial score (nSPS) is 12.3. The highest BCUT2D eigenvalue weighted by Crippen LogP contribution is 2.26. The molecule has 1 atom stereocenters. The van der Waals surface area contributed by atoms with Gasteiger partial charge in [-0.1, -0.05) is 18.7 Å². The number of nitriles is 1. The average molecular weight is 261 g/mol. The van der Waals surface area contributed by atoms with Crippen molar-refractivity contribution in [1.29, 1.82) is 5.26 Å². The van der Waals surface area contributed by atoms with Gasteiger partial charge in [-0.3, -0.25) is 0 Å². The zero-order chi connectivity index (χ0) is 13.0. The Morgan fingerprint density at radius 3 is 3.11 bits per heavy atom. The number of imidazole rings is 1. The third kappa shape index (κ3) is 2.96. The van der Waals surface area contributed by atoms with E-state index in [9.17, 15) is 0 Å². The molecule has 0 aliphatic carbocycles. The number of hydrogen-bond acceptors (Lipinski definition) is 4. The Bertz CT molecular complexity index is 573. The van der Waals surface area contributed by atoms with E-state index < -0.39 is 0 Å². The highest BCUT2D eigenvalue weighted by Gasteiger charge is 2.09. The number of benzene rings is 1. The molecule has 0 aliphatic rings. The predicted octanol–water partition coefficient (Wildman–Crippen LogP) is 3.36. The number of fused-ring (bicyclic) bond motifs is 1. The number of rotatable bonds is 5.